The molecular formula is C18H20CuN5+. The number of fused-ring (bicyclic) bond motifs is 1. The molecule has 2 rings (SSSR count). The predicted octanol–water partition coefficient (Wildman–Crippen LogP) is 3.98. The van der Waals surface area contributed by atoms with Gasteiger partial charge in [-0.15, -0.1) is 0 Å². The van der Waals surface area contributed by atoms with Crippen molar-refractivity contribution >= 4 is 17.5 Å². The van der Waals surface area contributed by atoms with Gasteiger partial charge < -0.3 is 16.5 Å². The third-order valence-corrected chi connectivity index (χ3v) is 3.29. The van der Waals surface area contributed by atoms with Gasteiger partial charge in [0.15, 0.2) is 5.84 Å². The van der Waals surface area contributed by atoms with Crippen LogP contribution in [0.1, 0.15) is 31.9 Å². The van der Waals surface area contributed by atoms with Crippen molar-refractivity contribution < 1.29 is 17.1 Å². The van der Waals surface area contributed by atoms with Crippen molar-refractivity contribution in [2.75, 3.05) is 0 Å². The third kappa shape index (κ3) is 4.31. The average Bonchev–Trinajstić information content (AvgIpc) is 2.85. The Morgan fingerprint density at radius 2 is 1.88 bits per heavy atom. The minimum Gasteiger partial charge on any atom is -0.482 e. The zero-order valence-corrected chi connectivity index (χ0v) is 14.8. The van der Waals surface area contributed by atoms with Crippen LogP contribution >= 0.6 is 0 Å². The normalized spacial score (nSPS) is 16.5. The molecule has 0 unspecified atom stereocenters. The Morgan fingerprint density at radius 1 is 1.25 bits per heavy atom. The first-order valence-electron chi connectivity index (χ1n) is 7.26. The summed E-state index contributed by atoms with van der Waals surface area (Å²) >= 11 is 0. The fourth-order valence-electron chi connectivity index (χ4n) is 2.00. The Labute approximate surface area is 153 Å². The summed E-state index contributed by atoms with van der Waals surface area (Å²) in [4.78, 5) is 13.1. The number of nitrogens with one attached hydrogen (secondary N) is 1. The summed E-state index contributed by atoms with van der Waals surface area (Å²) in [6.45, 7) is 9.28. The topological polar surface area (TPSA) is 86.9 Å². The van der Waals surface area contributed by atoms with Crippen molar-refractivity contribution in [2.45, 2.75) is 20.8 Å². The van der Waals surface area contributed by atoms with Crippen molar-refractivity contribution in [3.8, 4) is 0 Å². The van der Waals surface area contributed by atoms with Gasteiger partial charge >= 0.3 is 17.1 Å². The van der Waals surface area contributed by atoms with E-state index in [-0.39, 0.29) is 22.9 Å². The maximum atomic E-state index is 7.85. The quantitative estimate of drug-likeness (QED) is 0.371. The summed E-state index contributed by atoms with van der Waals surface area (Å²) in [6.07, 6.45) is 3.80. The Kier molecular flexibility index (Phi) is 6.89. The summed E-state index contributed by atoms with van der Waals surface area (Å²) in [7, 11) is 0. The van der Waals surface area contributed by atoms with Gasteiger partial charge in [-0.3, -0.25) is 0 Å². The first kappa shape index (κ1) is 19.6. The summed E-state index contributed by atoms with van der Waals surface area (Å²) in [6, 6.07) is 7.64. The molecule has 0 amide bonds. The molecule has 3 N–H and O–H groups in total. The molecule has 0 atom stereocenters. The Morgan fingerprint density at radius 3 is 2.46 bits per heavy atom. The summed E-state index contributed by atoms with van der Waals surface area (Å²) in [5, 5.41) is 0. The largest absolute Gasteiger partial charge is 2.00 e. The number of hydrogen-bond acceptors (Lipinski definition) is 3. The maximum absolute atomic E-state index is 7.85. The van der Waals surface area contributed by atoms with E-state index >= 15 is 0 Å². The van der Waals surface area contributed by atoms with E-state index in [4.69, 9.17) is 11.5 Å². The molecule has 1 aromatic rings. The van der Waals surface area contributed by atoms with Crippen LogP contribution in [0.15, 0.2) is 74.9 Å². The molecule has 1 aliphatic heterocycles. The third-order valence-electron chi connectivity index (χ3n) is 3.29. The standard InChI is InChI=1S/C18H20N5.Cu/c1-5-8-12(4)16(20)22-18-14-10-7-6-9-13(14)17(23-18)21-15(19)11(2)3;/h5-10H,2,20H2,1,3-4H3,(H-,19,21,22,23);/q-1;+2/b8-5-,16-12-;. The molecule has 1 radical (unpaired) electrons. The molecule has 0 aromatic heterocycles. The van der Waals surface area contributed by atoms with Crippen LogP contribution in [-0.4, -0.2) is 17.5 Å². The molecular weight excluding hydrogens is 350 g/mol. The number of nitrogens with two attached hydrogens (primary N) is 1. The average molecular weight is 370 g/mol. The van der Waals surface area contributed by atoms with Gasteiger partial charge in [0.2, 0.25) is 0 Å². The van der Waals surface area contributed by atoms with E-state index in [1.54, 1.807) is 6.92 Å². The zero-order valence-electron chi connectivity index (χ0n) is 13.9. The number of nitrogens with zero attached hydrogens (tertiary/aromatic N) is 3. The van der Waals surface area contributed by atoms with E-state index in [1.807, 2.05) is 50.3 Å². The number of allylic oxidation sites excluding steroid dienone is 3. The second-order valence-corrected chi connectivity index (χ2v) is 5.23. The van der Waals surface area contributed by atoms with Crippen molar-refractivity contribution in [1.29, 1.82) is 0 Å². The second kappa shape index (κ2) is 8.43. The second-order valence-electron chi connectivity index (χ2n) is 5.23. The molecule has 0 spiro atoms. The van der Waals surface area contributed by atoms with Gasteiger partial charge in [-0.05, 0) is 26.3 Å². The minimum absolute atomic E-state index is 0. The van der Waals surface area contributed by atoms with Crippen LogP contribution in [0.4, 0.5) is 0 Å². The van der Waals surface area contributed by atoms with Crippen LogP contribution in [0.5, 0.6) is 0 Å². The maximum Gasteiger partial charge on any atom is 2.00 e. The number of aliphatic imine (C=N–C) groups is 3. The SMILES string of the molecule is C=C(C)C([NH-])=NC1=N\C(=N/C(N)=C(C)\C=C/C)c2ccccc21.[Cu+2]. The molecule has 6 heteroatoms. The van der Waals surface area contributed by atoms with Crippen molar-refractivity contribution in [1.82, 2.24) is 0 Å². The van der Waals surface area contributed by atoms with Gasteiger partial charge in [-0.25, -0.2) is 9.98 Å². The van der Waals surface area contributed by atoms with E-state index in [0.717, 1.165) is 16.7 Å². The summed E-state index contributed by atoms with van der Waals surface area (Å²) in [5.41, 5.74) is 17.0. The fraction of sp³-hybridized carbons (Fsp3) is 0.167. The molecule has 0 bridgehead atoms. The van der Waals surface area contributed by atoms with E-state index < -0.39 is 0 Å². The number of hydrogen-bond donors (Lipinski definition) is 1. The number of amidine groups is 3. The molecule has 0 saturated carbocycles. The first-order chi connectivity index (χ1) is 10.9. The number of rotatable bonds is 3. The van der Waals surface area contributed by atoms with E-state index in [1.165, 1.54) is 0 Å². The Balaban J connectivity index is 0.00000288. The molecule has 5 nitrogen and oxygen atoms in total. The molecule has 0 fully saturated rings. The van der Waals surface area contributed by atoms with Gasteiger partial charge in [0.05, 0.1) is 5.84 Å². The Hall–Kier alpha value is -2.43. The van der Waals surface area contributed by atoms with Gasteiger partial charge in [-0.2, -0.15) is 0 Å². The van der Waals surface area contributed by atoms with Crippen LogP contribution in [0.2, 0.25) is 0 Å². The van der Waals surface area contributed by atoms with Crippen molar-refractivity contribution in [3.05, 3.63) is 76.8 Å². The van der Waals surface area contributed by atoms with Gasteiger partial charge in [-0.1, -0.05) is 54.4 Å². The molecule has 127 valence electrons. The number of benzene rings is 1. The molecule has 0 aliphatic carbocycles. The van der Waals surface area contributed by atoms with Gasteiger partial charge in [0.25, 0.3) is 0 Å². The Bertz CT molecular complexity index is 797. The molecule has 1 heterocycles. The smallest absolute Gasteiger partial charge is 0.482 e. The van der Waals surface area contributed by atoms with Crippen LogP contribution in [0.3, 0.4) is 0 Å². The van der Waals surface area contributed by atoms with Crippen LogP contribution < -0.4 is 5.73 Å². The fourth-order valence-corrected chi connectivity index (χ4v) is 2.00. The monoisotopic (exact) mass is 369 g/mol. The van der Waals surface area contributed by atoms with Crippen molar-refractivity contribution in [3.63, 3.8) is 0 Å². The zero-order chi connectivity index (χ0) is 17.0. The molecule has 24 heavy (non-hydrogen) atoms. The summed E-state index contributed by atoms with van der Waals surface area (Å²) in [5.74, 6) is 1.49. The van der Waals surface area contributed by atoms with Crippen molar-refractivity contribution in [2.24, 2.45) is 20.7 Å². The molecule has 1 aliphatic rings. The molecule has 1 aromatic carbocycles. The van der Waals surface area contributed by atoms with Gasteiger partial charge in [0.1, 0.15) is 5.82 Å². The van der Waals surface area contributed by atoms with E-state index in [9.17, 15) is 0 Å². The summed E-state index contributed by atoms with van der Waals surface area (Å²) < 4.78 is 0. The van der Waals surface area contributed by atoms with E-state index in [0.29, 0.717) is 23.1 Å². The first-order valence-corrected chi connectivity index (χ1v) is 7.26. The van der Waals surface area contributed by atoms with Crippen LogP contribution in [-0.2, 0) is 17.1 Å². The van der Waals surface area contributed by atoms with Crippen LogP contribution in [0, 0.1) is 0 Å². The molecule has 0 saturated heterocycles. The minimum atomic E-state index is 0. The van der Waals surface area contributed by atoms with Gasteiger partial charge in [0, 0.05) is 11.1 Å². The predicted molar refractivity (Wildman–Crippen MR) is 97.8 cm³/mol. The van der Waals surface area contributed by atoms with Crippen LogP contribution in [0.25, 0.3) is 5.73 Å². The van der Waals surface area contributed by atoms with E-state index in [2.05, 4.69) is 21.6 Å².